The predicted molar refractivity (Wildman–Crippen MR) is 82.4 cm³/mol. The predicted octanol–water partition coefficient (Wildman–Crippen LogP) is 2.29. The molecule has 0 bridgehead atoms. The molecule has 0 aromatic heterocycles. The van der Waals surface area contributed by atoms with Crippen molar-refractivity contribution < 1.29 is 9.90 Å². The van der Waals surface area contributed by atoms with E-state index in [2.05, 4.69) is 26.1 Å². The highest BCUT2D eigenvalue weighted by atomic mass is 16.3. The van der Waals surface area contributed by atoms with E-state index in [1.807, 2.05) is 25.1 Å². The molecule has 1 aromatic carbocycles. The molecule has 1 rings (SSSR count). The number of nitrogen functional groups attached to an aromatic ring is 1. The summed E-state index contributed by atoms with van der Waals surface area (Å²) in [6.07, 6.45) is 0.554. The summed E-state index contributed by atoms with van der Waals surface area (Å²) in [5, 5.41) is 12.2. The van der Waals surface area contributed by atoms with Gasteiger partial charge in [-0.1, -0.05) is 32.9 Å². The zero-order valence-electron chi connectivity index (χ0n) is 12.8. The molecule has 4 heteroatoms. The van der Waals surface area contributed by atoms with E-state index in [1.165, 1.54) is 0 Å². The second-order valence-electron chi connectivity index (χ2n) is 6.33. The van der Waals surface area contributed by atoms with Crippen molar-refractivity contribution in [1.82, 2.24) is 5.32 Å². The van der Waals surface area contributed by atoms with E-state index in [9.17, 15) is 4.79 Å². The zero-order valence-corrected chi connectivity index (χ0v) is 12.8. The van der Waals surface area contributed by atoms with Crippen molar-refractivity contribution in [2.45, 2.75) is 46.1 Å². The zero-order chi connectivity index (χ0) is 15.3. The number of hydrogen-bond acceptors (Lipinski definition) is 3. The minimum atomic E-state index is -0.262. The third-order valence-corrected chi connectivity index (χ3v) is 3.58. The Balaban J connectivity index is 2.78. The highest BCUT2D eigenvalue weighted by Crippen LogP contribution is 2.24. The van der Waals surface area contributed by atoms with Gasteiger partial charge in [-0.2, -0.15) is 0 Å². The van der Waals surface area contributed by atoms with Crippen LogP contribution in [0.2, 0.25) is 0 Å². The molecular weight excluding hydrogens is 252 g/mol. The van der Waals surface area contributed by atoms with Crippen molar-refractivity contribution in [3.05, 3.63) is 29.8 Å². The monoisotopic (exact) mass is 278 g/mol. The van der Waals surface area contributed by atoms with Gasteiger partial charge >= 0.3 is 0 Å². The van der Waals surface area contributed by atoms with E-state index < -0.39 is 0 Å². The largest absolute Gasteiger partial charge is 0.399 e. The Morgan fingerprint density at radius 2 is 2.05 bits per heavy atom. The maximum Gasteiger partial charge on any atom is 0.227 e. The Labute approximate surface area is 121 Å². The van der Waals surface area contributed by atoms with Crippen LogP contribution in [0.1, 0.15) is 45.6 Å². The van der Waals surface area contributed by atoms with Crippen LogP contribution in [0.25, 0.3) is 0 Å². The number of anilines is 1. The molecule has 0 aliphatic heterocycles. The first-order chi connectivity index (χ1) is 9.25. The van der Waals surface area contributed by atoms with Gasteiger partial charge in [0.15, 0.2) is 0 Å². The maximum absolute atomic E-state index is 12.4. The summed E-state index contributed by atoms with van der Waals surface area (Å²) in [5.41, 5.74) is 7.22. The summed E-state index contributed by atoms with van der Waals surface area (Å²) in [6, 6.07) is 7.33. The number of nitrogens with one attached hydrogen (secondary N) is 1. The molecule has 2 atom stereocenters. The summed E-state index contributed by atoms with van der Waals surface area (Å²) < 4.78 is 0. The van der Waals surface area contributed by atoms with Gasteiger partial charge in [0.1, 0.15) is 0 Å². The number of carbonyl (C=O) groups is 1. The van der Waals surface area contributed by atoms with E-state index in [0.717, 1.165) is 5.56 Å². The number of aliphatic hydroxyl groups excluding tert-OH is 1. The molecule has 0 aliphatic rings. The fourth-order valence-corrected chi connectivity index (χ4v) is 2.13. The van der Waals surface area contributed by atoms with Gasteiger partial charge in [-0.15, -0.1) is 0 Å². The van der Waals surface area contributed by atoms with Crippen LogP contribution in [0.4, 0.5) is 5.69 Å². The lowest BCUT2D eigenvalue weighted by atomic mass is 9.84. The van der Waals surface area contributed by atoms with Gasteiger partial charge in [0.2, 0.25) is 5.91 Å². The van der Waals surface area contributed by atoms with Crippen molar-refractivity contribution >= 4 is 11.6 Å². The van der Waals surface area contributed by atoms with Crippen molar-refractivity contribution in [1.29, 1.82) is 0 Å². The number of hydrogen-bond donors (Lipinski definition) is 3. The van der Waals surface area contributed by atoms with E-state index in [4.69, 9.17) is 10.8 Å². The average Bonchev–Trinajstić information content (AvgIpc) is 2.36. The molecule has 0 saturated carbocycles. The first-order valence-electron chi connectivity index (χ1n) is 7.02. The number of benzene rings is 1. The van der Waals surface area contributed by atoms with Crippen LogP contribution >= 0.6 is 0 Å². The molecule has 0 heterocycles. The van der Waals surface area contributed by atoms with Crippen LogP contribution in [-0.4, -0.2) is 23.7 Å². The summed E-state index contributed by atoms with van der Waals surface area (Å²) in [5.74, 6) is -0.300. The summed E-state index contributed by atoms with van der Waals surface area (Å²) in [6.45, 7) is 8.09. The Morgan fingerprint density at radius 3 is 2.55 bits per heavy atom. The van der Waals surface area contributed by atoms with E-state index in [0.29, 0.717) is 12.1 Å². The summed E-state index contributed by atoms with van der Waals surface area (Å²) in [4.78, 5) is 12.4. The lowest BCUT2D eigenvalue weighted by molar-refractivity contribution is -0.123. The SMILES string of the molecule is CC(C(=O)NC(CCO)C(C)(C)C)c1cccc(N)c1. The topological polar surface area (TPSA) is 75.3 Å². The molecule has 0 saturated heterocycles. The Hall–Kier alpha value is -1.55. The molecule has 2 unspecified atom stereocenters. The molecule has 0 radical (unpaired) electrons. The van der Waals surface area contributed by atoms with Crippen molar-refractivity contribution in [2.75, 3.05) is 12.3 Å². The fraction of sp³-hybridized carbons (Fsp3) is 0.562. The van der Waals surface area contributed by atoms with Crippen LogP contribution in [-0.2, 0) is 4.79 Å². The van der Waals surface area contributed by atoms with Gasteiger partial charge in [-0.05, 0) is 36.5 Å². The van der Waals surface area contributed by atoms with Gasteiger partial charge in [-0.3, -0.25) is 4.79 Å². The Morgan fingerprint density at radius 1 is 1.40 bits per heavy atom. The molecular formula is C16H26N2O2. The van der Waals surface area contributed by atoms with E-state index in [1.54, 1.807) is 6.07 Å². The van der Waals surface area contributed by atoms with Crippen LogP contribution < -0.4 is 11.1 Å². The lowest BCUT2D eigenvalue weighted by Crippen LogP contribution is -2.45. The second kappa shape index (κ2) is 6.75. The molecule has 0 spiro atoms. The summed E-state index contributed by atoms with van der Waals surface area (Å²) >= 11 is 0. The number of nitrogens with two attached hydrogens (primary N) is 1. The molecule has 4 N–H and O–H groups in total. The highest BCUT2D eigenvalue weighted by Gasteiger charge is 2.27. The molecule has 0 fully saturated rings. The van der Waals surface area contributed by atoms with Gasteiger partial charge < -0.3 is 16.2 Å². The number of rotatable bonds is 5. The van der Waals surface area contributed by atoms with Crippen LogP contribution in [0.15, 0.2) is 24.3 Å². The Bertz CT molecular complexity index is 452. The standard InChI is InChI=1S/C16H26N2O2/c1-11(12-6-5-7-13(17)10-12)15(20)18-14(8-9-19)16(2,3)4/h5-7,10-11,14,19H,8-9,17H2,1-4H3,(H,18,20). The molecule has 112 valence electrons. The first kappa shape index (κ1) is 16.5. The molecule has 20 heavy (non-hydrogen) atoms. The molecule has 0 aliphatic carbocycles. The fourth-order valence-electron chi connectivity index (χ4n) is 2.13. The van der Waals surface area contributed by atoms with Crippen molar-refractivity contribution in [2.24, 2.45) is 5.41 Å². The lowest BCUT2D eigenvalue weighted by Gasteiger charge is -2.32. The molecule has 4 nitrogen and oxygen atoms in total. The number of aliphatic hydroxyl groups is 1. The smallest absolute Gasteiger partial charge is 0.227 e. The van der Waals surface area contributed by atoms with E-state index >= 15 is 0 Å². The minimum absolute atomic E-state index is 0.0380. The third-order valence-electron chi connectivity index (χ3n) is 3.58. The first-order valence-corrected chi connectivity index (χ1v) is 7.02. The van der Waals surface area contributed by atoms with Crippen molar-refractivity contribution in [3.8, 4) is 0 Å². The average molecular weight is 278 g/mol. The summed E-state index contributed by atoms with van der Waals surface area (Å²) in [7, 11) is 0. The highest BCUT2D eigenvalue weighted by molar-refractivity contribution is 5.83. The van der Waals surface area contributed by atoms with Crippen LogP contribution in [0, 0.1) is 5.41 Å². The van der Waals surface area contributed by atoms with Crippen molar-refractivity contribution in [3.63, 3.8) is 0 Å². The van der Waals surface area contributed by atoms with Gasteiger partial charge in [0.25, 0.3) is 0 Å². The van der Waals surface area contributed by atoms with Gasteiger partial charge in [0, 0.05) is 18.3 Å². The van der Waals surface area contributed by atoms with Gasteiger partial charge in [-0.25, -0.2) is 0 Å². The third kappa shape index (κ3) is 4.53. The molecule has 1 aromatic rings. The van der Waals surface area contributed by atoms with Crippen LogP contribution in [0.3, 0.4) is 0 Å². The Kier molecular flexibility index (Phi) is 5.57. The quantitative estimate of drug-likeness (QED) is 0.723. The van der Waals surface area contributed by atoms with Crippen LogP contribution in [0.5, 0.6) is 0 Å². The number of carbonyl (C=O) groups excluding carboxylic acids is 1. The van der Waals surface area contributed by atoms with E-state index in [-0.39, 0.29) is 29.9 Å². The minimum Gasteiger partial charge on any atom is -0.399 e. The second-order valence-corrected chi connectivity index (χ2v) is 6.33. The normalized spacial score (nSPS) is 14.7. The molecule has 1 amide bonds. The van der Waals surface area contributed by atoms with Gasteiger partial charge in [0.05, 0.1) is 5.92 Å². The maximum atomic E-state index is 12.4. The number of amides is 1.